The van der Waals surface area contributed by atoms with Crippen LogP contribution >= 0.6 is 0 Å². The Balaban J connectivity index is 1.72. The highest BCUT2D eigenvalue weighted by Gasteiger charge is 2.12. The van der Waals surface area contributed by atoms with Crippen molar-refractivity contribution >= 4 is 16.7 Å². The van der Waals surface area contributed by atoms with Crippen molar-refractivity contribution in [1.29, 1.82) is 5.41 Å². The number of rotatable bonds is 3. The van der Waals surface area contributed by atoms with Crippen molar-refractivity contribution in [3.8, 4) is 11.1 Å². The van der Waals surface area contributed by atoms with Crippen LogP contribution in [0.15, 0.2) is 60.1 Å². The molecule has 8 heteroatoms. The van der Waals surface area contributed by atoms with E-state index in [1.54, 1.807) is 48.5 Å². The van der Waals surface area contributed by atoms with Crippen molar-refractivity contribution in [1.82, 2.24) is 24.5 Å². The largest absolute Gasteiger partial charge is 0.286 e. The summed E-state index contributed by atoms with van der Waals surface area (Å²) in [6.07, 6.45) is 7.03. The lowest BCUT2D eigenvalue weighted by Gasteiger charge is -2.10. The molecule has 1 aromatic carbocycles. The SMILES string of the molecule is CN=c1cccnn1C(=N)Cc1cc2cc(-c3cnn(C)c3)cnc2cc1F. The van der Waals surface area contributed by atoms with Gasteiger partial charge in [0.2, 0.25) is 0 Å². The first kappa shape index (κ1) is 17.7. The predicted molar refractivity (Wildman–Crippen MR) is 104 cm³/mol. The molecule has 4 aromatic rings. The molecule has 0 fully saturated rings. The van der Waals surface area contributed by atoms with Crippen LogP contribution in [0, 0.1) is 11.2 Å². The fourth-order valence-electron chi connectivity index (χ4n) is 3.06. The summed E-state index contributed by atoms with van der Waals surface area (Å²) >= 11 is 0. The number of pyridine rings is 1. The minimum atomic E-state index is -0.398. The summed E-state index contributed by atoms with van der Waals surface area (Å²) in [5.74, 6) is -0.263. The van der Waals surface area contributed by atoms with Crippen molar-refractivity contribution < 1.29 is 4.39 Å². The van der Waals surface area contributed by atoms with E-state index in [2.05, 4.69) is 20.2 Å². The number of fused-ring (bicyclic) bond motifs is 1. The molecule has 0 aliphatic heterocycles. The fourth-order valence-corrected chi connectivity index (χ4v) is 3.06. The molecule has 28 heavy (non-hydrogen) atoms. The van der Waals surface area contributed by atoms with Crippen LogP contribution in [0.5, 0.6) is 0 Å². The molecule has 140 valence electrons. The second-order valence-corrected chi connectivity index (χ2v) is 6.40. The maximum atomic E-state index is 14.6. The van der Waals surface area contributed by atoms with E-state index in [1.165, 1.54) is 10.7 Å². The third-order valence-electron chi connectivity index (χ3n) is 4.46. The minimum absolute atomic E-state index is 0.0864. The highest BCUT2D eigenvalue weighted by Crippen LogP contribution is 2.24. The number of aromatic nitrogens is 5. The van der Waals surface area contributed by atoms with Gasteiger partial charge in [-0.3, -0.25) is 20.1 Å². The van der Waals surface area contributed by atoms with E-state index in [4.69, 9.17) is 5.41 Å². The molecule has 7 nitrogen and oxygen atoms in total. The van der Waals surface area contributed by atoms with Crippen molar-refractivity contribution in [2.24, 2.45) is 12.0 Å². The Hall–Kier alpha value is -3.68. The third kappa shape index (κ3) is 3.32. The summed E-state index contributed by atoms with van der Waals surface area (Å²) < 4.78 is 17.7. The average molecular weight is 375 g/mol. The molecule has 3 heterocycles. The highest BCUT2D eigenvalue weighted by molar-refractivity contribution is 5.87. The highest BCUT2D eigenvalue weighted by atomic mass is 19.1. The molecule has 4 rings (SSSR count). The molecule has 0 spiro atoms. The Morgan fingerprint density at radius 1 is 1.18 bits per heavy atom. The molecule has 0 radical (unpaired) electrons. The number of hydrogen-bond acceptors (Lipinski definition) is 5. The molecule has 0 bridgehead atoms. The van der Waals surface area contributed by atoms with Gasteiger partial charge in [-0.2, -0.15) is 10.2 Å². The van der Waals surface area contributed by atoms with Crippen LogP contribution in [0.4, 0.5) is 4.39 Å². The number of nitrogens with zero attached hydrogens (tertiary/aromatic N) is 6. The van der Waals surface area contributed by atoms with Gasteiger partial charge in [-0.25, -0.2) is 9.07 Å². The Labute approximate surface area is 160 Å². The number of halogens is 1. The van der Waals surface area contributed by atoms with Crippen LogP contribution in [-0.2, 0) is 13.5 Å². The van der Waals surface area contributed by atoms with Gasteiger partial charge in [-0.15, -0.1) is 0 Å². The molecule has 0 aliphatic carbocycles. The van der Waals surface area contributed by atoms with E-state index in [-0.39, 0.29) is 12.3 Å². The van der Waals surface area contributed by atoms with Crippen molar-refractivity contribution in [2.75, 3.05) is 7.05 Å². The quantitative estimate of drug-likeness (QED) is 0.441. The summed E-state index contributed by atoms with van der Waals surface area (Å²) in [6.45, 7) is 0. The number of hydrogen-bond donors (Lipinski definition) is 1. The van der Waals surface area contributed by atoms with Crippen molar-refractivity contribution in [2.45, 2.75) is 6.42 Å². The Bertz CT molecular complexity index is 1250. The molecule has 1 N–H and O–H groups in total. The molecule has 0 saturated heterocycles. The van der Waals surface area contributed by atoms with E-state index in [0.717, 1.165) is 16.5 Å². The predicted octanol–water partition coefficient (Wildman–Crippen LogP) is 2.57. The van der Waals surface area contributed by atoms with E-state index in [1.807, 2.05) is 19.3 Å². The lowest BCUT2D eigenvalue weighted by molar-refractivity contribution is 0.616. The van der Waals surface area contributed by atoms with Gasteiger partial charge in [0.15, 0.2) is 5.49 Å². The van der Waals surface area contributed by atoms with E-state index in [9.17, 15) is 4.39 Å². The van der Waals surface area contributed by atoms with Gasteiger partial charge in [-0.1, -0.05) is 0 Å². The van der Waals surface area contributed by atoms with Gasteiger partial charge in [0.1, 0.15) is 11.7 Å². The van der Waals surface area contributed by atoms with Crippen LogP contribution in [-0.4, -0.2) is 37.4 Å². The Kier molecular flexibility index (Phi) is 4.52. The maximum Gasteiger partial charge on any atom is 0.150 e. The lowest BCUT2D eigenvalue weighted by Crippen LogP contribution is -2.30. The average Bonchev–Trinajstić information content (AvgIpc) is 3.14. The van der Waals surface area contributed by atoms with Crippen LogP contribution in [0.25, 0.3) is 22.0 Å². The summed E-state index contributed by atoms with van der Waals surface area (Å²) in [4.78, 5) is 8.47. The van der Waals surface area contributed by atoms with Gasteiger partial charge < -0.3 is 0 Å². The van der Waals surface area contributed by atoms with Gasteiger partial charge in [-0.05, 0) is 29.8 Å². The first-order chi connectivity index (χ1) is 13.5. The van der Waals surface area contributed by atoms with Gasteiger partial charge in [0.25, 0.3) is 0 Å². The Morgan fingerprint density at radius 3 is 2.79 bits per heavy atom. The van der Waals surface area contributed by atoms with Crippen LogP contribution in [0.2, 0.25) is 0 Å². The zero-order valence-corrected chi connectivity index (χ0v) is 15.5. The van der Waals surface area contributed by atoms with Crippen LogP contribution in [0.3, 0.4) is 0 Å². The lowest BCUT2D eigenvalue weighted by atomic mass is 10.0. The second-order valence-electron chi connectivity index (χ2n) is 6.40. The summed E-state index contributed by atoms with van der Waals surface area (Å²) in [6, 6.07) is 8.58. The van der Waals surface area contributed by atoms with Crippen LogP contribution < -0.4 is 5.49 Å². The standard InChI is InChI=1S/C20H18FN7/c1-23-20-4-3-5-25-28(20)19(22)8-13-6-14-7-15(16-11-26-27(2)12-16)10-24-18(14)9-17(13)21/h3-7,9-12,22H,8H2,1-2H3. The first-order valence-corrected chi connectivity index (χ1v) is 8.67. The van der Waals surface area contributed by atoms with Gasteiger partial charge in [0, 0.05) is 61.7 Å². The summed E-state index contributed by atoms with van der Waals surface area (Å²) in [7, 11) is 3.48. The molecule has 0 saturated carbocycles. The maximum absolute atomic E-state index is 14.6. The van der Waals surface area contributed by atoms with E-state index >= 15 is 0 Å². The topological polar surface area (TPSA) is 84.7 Å². The molecular weight excluding hydrogens is 357 g/mol. The normalized spacial score (nSPS) is 11.9. The van der Waals surface area contributed by atoms with Crippen molar-refractivity contribution in [3.05, 3.63) is 72.0 Å². The zero-order valence-electron chi connectivity index (χ0n) is 15.5. The molecule has 3 aromatic heterocycles. The molecule has 0 aliphatic rings. The first-order valence-electron chi connectivity index (χ1n) is 8.67. The summed E-state index contributed by atoms with van der Waals surface area (Å²) in [5, 5.41) is 17.5. The molecule has 0 atom stereocenters. The third-order valence-corrected chi connectivity index (χ3v) is 4.46. The van der Waals surface area contributed by atoms with E-state index < -0.39 is 5.82 Å². The Morgan fingerprint density at radius 2 is 2.04 bits per heavy atom. The second kappa shape index (κ2) is 7.15. The van der Waals surface area contributed by atoms with Gasteiger partial charge >= 0.3 is 0 Å². The minimum Gasteiger partial charge on any atom is -0.286 e. The van der Waals surface area contributed by atoms with Crippen LogP contribution in [0.1, 0.15) is 5.56 Å². The molecule has 0 unspecified atom stereocenters. The van der Waals surface area contributed by atoms with Gasteiger partial charge in [0.05, 0.1) is 11.7 Å². The number of aryl methyl sites for hydroxylation is 1. The van der Waals surface area contributed by atoms with E-state index in [0.29, 0.717) is 16.6 Å². The zero-order chi connectivity index (χ0) is 19.7. The molecular formula is C20H18FN7. The smallest absolute Gasteiger partial charge is 0.150 e. The monoisotopic (exact) mass is 375 g/mol. The fraction of sp³-hybridized carbons (Fsp3) is 0.150. The molecule has 0 amide bonds. The number of benzene rings is 1. The van der Waals surface area contributed by atoms with Crippen molar-refractivity contribution in [3.63, 3.8) is 0 Å². The number of nitrogens with one attached hydrogen (secondary N) is 1. The summed E-state index contributed by atoms with van der Waals surface area (Å²) in [5.41, 5.74) is 3.35.